The largest absolute Gasteiger partial charge is 0.383 e. The number of hydrogen-bond acceptors (Lipinski definition) is 8. The molecule has 0 spiro atoms. The van der Waals surface area contributed by atoms with Crippen molar-refractivity contribution in [3.05, 3.63) is 89.6 Å². The van der Waals surface area contributed by atoms with Crippen molar-refractivity contribution in [1.82, 2.24) is 9.97 Å². The first-order valence-electron chi connectivity index (χ1n) is 13.2. The maximum absolute atomic E-state index is 12.7. The number of rotatable bonds is 7. The second-order valence-corrected chi connectivity index (χ2v) is 17.1. The minimum atomic E-state index is -3.42. The van der Waals surface area contributed by atoms with Crippen molar-refractivity contribution in [3.8, 4) is 32.8 Å². The average molecular weight is 621 g/mol. The Balaban J connectivity index is 1.72. The Morgan fingerprint density at radius 1 is 0.786 bits per heavy atom. The average Bonchev–Trinajstić information content (AvgIpc) is 3.38. The second kappa shape index (κ2) is 10.4. The maximum atomic E-state index is 12.7. The van der Waals surface area contributed by atoms with E-state index >= 15 is 0 Å². The number of nitrogens with zero attached hydrogens (tertiary/aromatic N) is 2. The highest BCUT2D eigenvalue weighted by Gasteiger charge is 2.33. The van der Waals surface area contributed by atoms with Crippen molar-refractivity contribution < 1.29 is 21.9 Å². The van der Waals surface area contributed by atoms with E-state index in [1.807, 2.05) is 48.5 Å². The number of benzene rings is 3. The molecule has 0 saturated carbocycles. The van der Waals surface area contributed by atoms with E-state index in [0.29, 0.717) is 16.3 Å². The van der Waals surface area contributed by atoms with Crippen molar-refractivity contribution >= 4 is 41.9 Å². The monoisotopic (exact) mass is 620 g/mol. The molecule has 1 N–H and O–H groups in total. The minimum absolute atomic E-state index is 0.221. The van der Waals surface area contributed by atoms with Gasteiger partial charge in [-0.15, -0.1) is 11.3 Å². The summed E-state index contributed by atoms with van der Waals surface area (Å²) in [5.41, 5.74) is 4.06. The molecule has 42 heavy (non-hydrogen) atoms. The first-order valence-corrected chi connectivity index (χ1v) is 17.8. The molecule has 0 atom stereocenters. The van der Waals surface area contributed by atoms with Crippen LogP contribution >= 0.6 is 11.3 Å². The molecule has 0 aliphatic carbocycles. The van der Waals surface area contributed by atoms with Gasteiger partial charge in [0.05, 0.1) is 25.7 Å². The van der Waals surface area contributed by atoms with Crippen LogP contribution in [-0.2, 0) is 30.0 Å². The van der Waals surface area contributed by atoms with Gasteiger partial charge in [-0.1, -0.05) is 36.4 Å². The zero-order valence-corrected chi connectivity index (χ0v) is 26.7. The molecule has 5 rings (SSSR count). The van der Waals surface area contributed by atoms with Gasteiger partial charge >= 0.3 is 0 Å². The summed E-state index contributed by atoms with van der Waals surface area (Å²) in [6.45, 7) is 6.76. The molecule has 2 heterocycles. The Labute approximate surface area is 250 Å². The van der Waals surface area contributed by atoms with Crippen LogP contribution in [0.25, 0.3) is 43.7 Å². The predicted octanol–water partition coefficient (Wildman–Crippen LogP) is 6.60. The van der Waals surface area contributed by atoms with E-state index in [2.05, 4.69) is 4.98 Å². The van der Waals surface area contributed by atoms with Crippen molar-refractivity contribution in [2.24, 2.45) is 0 Å². The number of fused-ring (bicyclic) bond motifs is 1. The molecule has 0 amide bonds. The molecule has 0 saturated heterocycles. The van der Waals surface area contributed by atoms with E-state index in [1.54, 1.807) is 58.2 Å². The van der Waals surface area contributed by atoms with Crippen molar-refractivity contribution in [2.45, 2.75) is 42.9 Å². The second-order valence-electron chi connectivity index (χ2n) is 11.5. The summed E-state index contributed by atoms with van der Waals surface area (Å²) in [7, 11) is -6.78. The minimum Gasteiger partial charge on any atom is -0.383 e. The Hall–Kier alpha value is -3.44. The van der Waals surface area contributed by atoms with E-state index in [4.69, 9.17) is 4.98 Å². The molecule has 2 aromatic heterocycles. The summed E-state index contributed by atoms with van der Waals surface area (Å²) >= 11 is 1.35. The van der Waals surface area contributed by atoms with Gasteiger partial charge in [0.25, 0.3) is 0 Å². The lowest BCUT2D eigenvalue weighted by Gasteiger charge is -2.24. The quantitative estimate of drug-likeness (QED) is 0.218. The first-order chi connectivity index (χ1) is 19.5. The number of thiazole rings is 1. The molecule has 5 aromatic rings. The van der Waals surface area contributed by atoms with Crippen LogP contribution in [0.15, 0.2) is 83.9 Å². The number of aliphatic hydroxyl groups is 1. The summed E-state index contributed by atoms with van der Waals surface area (Å²) in [6, 6.07) is 21.9. The van der Waals surface area contributed by atoms with E-state index in [9.17, 15) is 21.9 Å². The van der Waals surface area contributed by atoms with Crippen LogP contribution in [0.5, 0.6) is 0 Å². The Kier molecular flexibility index (Phi) is 7.42. The SMILES string of the molecule is CC(C)(O)c1nc(-c2cccc(-c3cc(C(C)(C)S(C)(=O)=O)cc4cccnc34)c2)c(-c2ccc(S(C)(=O)=O)cc2)s1. The smallest absolute Gasteiger partial charge is 0.175 e. The molecule has 0 fully saturated rings. The highest BCUT2D eigenvalue weighted by molar-refractivity contribution is 7.91. The van der Waals surface area contributed by atoms with Crippen molar-refractivity contribution in [1.29, 1.82) is 0 Å². The van der Waals surface area contributed by atoms with Crippen LogP contribution in [0.3, 0.4) is 0 Å². The molecular formula is C32H32N2O5S3. The van der Waals surface area contributed by atoms with Gasteiger partial charge in [-0.05, 0) is 80.8 Å². The zero-order chi connectivity index (χ0) is 30.7. The zero-order valence-electron chi connectivity index (χ0n) is 24.2. The number of aromatic nitrogens is 2. The highest BCUT2D eigenvalue weighted by atomic mass is 32.2. The van der Waals surface area contributed by atoms with Gasteiger partial charge in [-0.25, -0.2) is 21.8 Å². The lowest BCUT2D eigenvalue weighted by Crippen LogP contribution is -2.28. The third-order valence-electron chi connectivity index (χ3n) is 7.47. The third kappa shape index (κ3) is 5.64. The molecule has 3 aromatic carbocycles. The number of sulfone groups is 2. The molecular weight excluding hydrogens is 589 g/mol. The fourth-order valence-electron chi connectivity index (χ4n) is 4.63. The fourth-order valence-corrected chi connectivity index (χ4v) is 6.91. The number of pyridine rings is 1. The van der Waals surface area contributed by atoms with E-state index < -0.39 is 30.0 Å². The van der Waals surface area contributed by atoms with Gasteiger partial charge in [0, 0.05) is 35.2 Å². The van der Waals surface area contributed by atoms with Gasteiger partial charge in [0.15, 0.2) is 19.7 Å². The predicted molar refractivity (Wildman–Crippen MR) is 170 cm³/mol. The molecule has 10 heteroatoms. The molecule has 0 bridgehead atoms. The Bertz CT molecular complexity index is 2040. The first kappa shape index (κ1) is 30.0. The van der Waals surface area contributed by atoms with Gasteiger partial charge in [0.2, 0.25) is 0 Å². The van der Waals surface area contributed by atoms with Crippen LogP contribution < -0.4 is 0 Å². The van der Waals surface area contributed by atoms with Gasteiger partial charge in [-0.2, -0.15) is 0 Å². The van der Waals surface area contributed by atoms with E-state index in [0.717, 1.165) is 38.0 Å². The van der Waals surface area contributed by atoms with Crippen molar-refractivity contribution in [2.75, 3.05) is 12.5 Å². The standard InChI is InChI=1S/C32H32N2O5S3/c1-31(2,35)30-34-28(29(40-30)20-12-14-25(15-13-20)41(5,36)37)22-10-7-9-21(17-22)26-19-24(32(3,4)42(6,38)39)18-23-11-8-16-33-27(23)26/h7-19,35H,1-6H3. The van der Waals surface area contributed by atoms with E-state index in [-0.39, 0.29) is 4.90 Å². The summed E-state index contributed by atoms with van der Waals surface area (Å²) in [6.07, 6.45) is 4.13. The van der Waals surface area contributed by atoms with Gasteiger partial charge in [0.1, 0.15) is 10.6 Å². The third-order valence-corrected chi connectivity index (χ3v) is 12.1. The maximum Gasteiger partial charge on any atom is 0.175 e. The van der Waals surface area contributed by atoms with Crippen LogP contribution in [0.1, 0.15) is 38.3 Å². The highest BCUT2D eigenvalue weighted by Crippen LogP contribution is 2.42. The molecule has 0 radical (unpaired) electrons. The molecule has 0 aliphatic rings. The van der Waals surface area contributed by atoms with Crippen LogP contribution in [0.2, 0.25) is 0 Å². The molecule has 7 nitrogen and oxygen atoms in total. The fraction of sp³-hybridized carbons (Fsp3) is 0.250. The van der Waals surface area contributed by atoms with Crippen LogP contribution in [-0.4, -0.2) is 44.4 Å². The molecule has 0 aliphatic heterocycles. The number of hydrogen-bond donors (Lipinski definition) is 1. The van der Waals surface area contributed by atoms with Crippen LogP contribution in [0.4, 0.5) is 0 Å². The Morgan fingerprint density at radius 3 is 2.07 bits per heavy atom. The summed E-state index contributed by atoms with van der Waals surface area (Å²) in [5, 5.41) is 12.2. The van der Waals surface area contributed by atoms with Gasteiger partial charge in [-0.3, -0.25) is 4.98 Å². The molecule has 218 valence electrons. The Morgan fingerprint density at radius 2 is 1.45 bits per heavy atom. The summed E-state index contributed by atoms with van der Waals surface area (Å²) in [4.78, 5) is 10.5. The van der Waals surface area contributed by atoms with E-state index in [1.165, 1.54) is 23.8 Å². The topological polar surface area (TPSA) is 114 Å². The molecule has 0 unspecified atom stereocenters. The summed E-state index contributed by atoms with van der Waals surface area (Å²) < 4.78 is 48.4. The van der Waals surface area contributed by atoms with Gasteiger partial charge < -0.3 is 5.11 Å². The normalized spacial score (nSPS) is 13.0. The lowest BCUT2D eigenvalue weighted by molar-refractivity contribution is 0.0783. The lowest BCUT2D eigenvalue weighted by atomic mass is 9.92. The van der Waals surface area contributed by atoms with Crippen molar-refractivity contribution in [3.63, 3.8) is 0 Å². The summed E-state index contributed by atoms with van der Waals surface area (Å²) in [5.74, 6) is 0. The van der Waals surface area contributed by atoms with Crippen LogP contribution in [0, 0.1) is 0 Å².